The second kappa shape index (κ2) is 6.22. The Bertz CT molecular complexity index is 520. The van der Waals surface area contributed by atoms with Gasteiger partial charge in [0.1, 0.15) is 6.61 Å². The van der Waals surface area contributed by atoms with Crippen LogP contribution in [-0.2, 0) is 4.74 Å². The summed E-state index contributed by atoms with van der Waals surface area (Å²) in [6.45, 7) is 4.99. The van der Waals surface area contributed by atoms with Crippen molar-refractivity contribution in [1.29, 1.82) is 0 Å². The Balaban J connectivity index is 1.76. The van der Waals surface area contributed by atoms with Crippen molar-refractivity contribution in [3.05, 3.63) is 23.8 Å². The van der Waals surface area contributed by atoms with Gasteiger partial charge < -0.3 is 24.4 Å². The Kier molecular flexibility index (Phi) is 4.15. The molecular formula is C15H20N2O4. The lowest BCUT2D eigenvalue weighted by atomic mass is 10.1. The predicted octanol–water partition coefficient (Wildman–Crippen LogP) is 1.91. The highest BCUT2D eigenvalue weighted by molar-refractivity contribution is 5.69. The Morgan fingerprint density at radius 2 is 2.14 bits per heavy atom. The van der Waals surface area contributed by atoms with E-state index in [9.17, 15) is 4.79 Å². The topological polar surface area (TPSA) is 60.0 Å². The van der Waals surface area contributed by atoms with Gasteiger partial charge in [0.05, 0.1) is 12.6 Å². The number of ether oxygens (including phenoxy) is 3. The minimum Gasteiger partial charge on any atom is -0.454 e. The maximum Gasteiger partial charge on any atom is 0.410 e. The number of nitrogens with zero attached hydrogens (tertiary/aromatic N) is 1. The van der Waals surface area contributed by atoms with Crippen LogP contribution >= 0.6 is 0 Å². The lowest BCUT2D eigenvalue weighted by Crippen LogP contribution is -2.36. The Labute approximate surface area is 124 Å². The fourth-order valence-electron chi connectivity index (χ4n) is 2.55. The van der Waals surface area contributed by atoms with Gasteiger partial charge in [-0.2, -0.15) is 0 Å². The highest BCUT2D eigenvalue weighted by Gasteiger charge is 2.26. The molecule has 1 aromatic rings. The number of hydrogen-bond acceptors (Lipinski definition) is 5. The molecule has 1 atom stereocenters. The zero-order chi connectivity index (χ0) is 14.7. The van der Waals surface area contributed by atoms with E-state index in [-0.39, 0.29) is 18.9 Å². The van der Waals surface area contributed by atoms with E-state index >= 15 is 0 Å². The number of hydrogen-bond donors (Lipinski definition) is 1. The first-order chi connectivity index (χ1) is 10.3. The van der Waals surface area contributed by atoms with E-state index in [1.165, 1.54) is 0 Å². The molecule has 2 aliphatic rings. The van der Waals surface area contributed by atoms with Crippen molar-refractivity contribution in [2.75, 3.05) is 33.0 Å². The number of cyclic esters (lactones) is 1. The van der Waals surface area contributed by atoms with Crippen LogP contribution in [0.5, 0.6) is 11.5 Å². The highest BCUT2D eigenvalue weighted by atomic mass is 16.7. The number of amides is 1. The molecule has 2 heterocycles. The maximum atomic E-state index is 11.6. The van der Waals surface area contributed by atoms with Crippen molar-refractivity contribution in [2.24, 2.45) is 0 Å². The van der Waals surface area contributed by atoms with Crippen molar-refractivity contribution in [3.8, 4) is 11.5 Å². The average molecular weight is 292 g/mol. The summed E-state index contributed by atoms with van der Waals surface area (Å²) in [6.07, 6.45) is 0.796. The van der Waals surface area contributed by atoms with E-state index in [0.29, 0.717) is 19.7 Å². The van der Waals surface area contributed by atoms with Gasteiger partial charge in [-0.15, -0.1) is 0 Å². The molecule has 1 fully saturated rings. The van der Waals surface area contributed by atoms with E-state index < -0.39 is 0 Å². The van der Waals surface area contributed by atoms with Crippen molar-refractivity contribution >= 4 is 6.09 Å². The Hall–Kier alpha value is -1.95. The molecule has 0 aliphatic carbocycles. The van der Waals surface area contributed by atoms with Crippen LogP contribution in [0.15, 0.2) is 18.2 Å². The largest absolute Gasteiger partial charge is 0.454 e. The second-order valence-corrected chi connectivity index (χ2v) is 5.18. The molecule has 1 aromatic carbocycles. The number of carbonyl (C=O) groups excluding carboxylic acids is 1. The van der Waals surface area contributed by atoms with E-state index in [1.807, 2.05) is 18.2 Å². The number of carbonyl (C=O) groups is 1. The minimum absolute atomic E-state index is 0.0603. The third kappa shape index (κ3) is 3.05. The summed E-state index contributed by atoms with van der Waals surface area (Å²) >= 11 is 0. The van der Waals surface area contributed by atoms with Gasteiger partial charge in [-0.3, -0.25) is 0 Å². The third-order valence-corrected chi connectivity index (χ3v) is 3.69. The molecule has 2 aliphatic heterocycles. The van der Waals surface area contributed by atoms with Crippen molar-refractivity contribution in [1.82, 2.24) is 10.2 Å². The van der Waals surface area contributed by atoms with Crippen LogP contribution in [0, 0.1) is 0 Å². The molecule has 0 radical (unpaired) electrons. The SMILES string of the molecule is CCCNC(CN1CCOC1=O)c1ccc2c(c1)OCO2. The van der Waals surface area contributed by atoms with Crippen LogP contribution in [0.25, 0.3) is 0 Å². The summed E-state index contributed by atoms with van der Waals surface area (Å²) in [5, 5.41) is 3.48. The number of benzene rings is 1. The molecule has 6 nitrogen and oxygen atoms in total. The van der Waals surface area contributed by atoms with Gasteiger partial charge in [0.15, 0.2) is 11.5 Å². The first kappa shape index (κ1) is 14.0. The first-order valence-electron chi connectivity index (χ1n) is 7.32. The van der Waals surface area contributed by atoms with Crippen LogP contribution in [-0.4, -0.2) is 44.0 Å². The molecule has 1 amide bonds. The molecule has 0 bridgehead atoms. The van der Waals surface area contributed by atoms with Gasteiger partial charge in [0, 0.05) is 6.54 Å². The second-order valence-electron chi connectivity index (χ2n) is 5.18. The van der Waals surface area contributed by atoms with E-state index in [1.54, 1.807) is 4.90 Å². The first-order valence-corrected chi connectivity index (χ1v) is 7.32. The molecule has 3 rings (SSSR count). The molecule has 0 spiro atoms. The maximum absolute atomic E-state index is 11.6. The Morgan fingerprint density at radius 3 is 2.90 bits per heavy atom. The van der Waals surface area contributed by atoms with E-state index in [4.69, 9.17) is 14.2 Å². The van der Waals surface area contributed by atoms with Crippen LogP contribution in [0.2, 0.25) is 0 Å². The average Bonchev–Trinajstić information content (AvgIpc) is 3.11. The number of fused-ring (bicyclic) bond motifs is 1. The van der Waals surface area contributed by atoms with Crippen LogP contribution in [0.3, 0.4) is 0 Å². The van der Waals surface area contributed by atoms with Gasteiger partial charge in [0.2, 0.25) is 6.79 Å². The lowest BCUT2D eigenvalue weighted by Gasteiger charge is -2.23. The molecule has 21 heavy (non-hydrogen) atoms. The zero-order valence-corrected chi connectivity index (χ0v) is 12.1. The summed E-state index contributed by atoms with van der Waals surface area (Å²) in [7, 11) is 0. The molecule has 0 saturated carbocycles. The van der Waals surface area contributed by atoms with Crippen LogP contribution in [0.4, 0.5) is 4.79 Å². The zero-order valence-electron chi connectivity index (χ0n) is 12.1. The molecule has 1 N–H and O–H groups in total. The van der Waals surface area contributed by atoms with E-state index in [0.717, 1.165) is 30.0 Å². The fraction of sp³-hybridized carbons (Fsp3) is 0.533. The van der Waals surface area contributed by atoms with Gasteiger partial charge in [0.25, 0.3) is 0 Å². The monoisotopic (exact) mass is 292 g/mol. The minimum atomic E-state index is -0.237. The lowest BCUT2D eigenvalue weighted by molar-refractivity contribution is 0.155. The quantitative estimate of drug-likeness (QED) is 0.868. The number of rotatable bonds is 6. The summed E-state index contributed by atoms with van der Waals surface area (Å²) in [5.74, 6) is 1.54. The predicted molar refractivity (Wildman–Crippen MR) is 76.5 cm³/mol. The van der Waals surface area contributed by atoms with Crippen molar-refractivity contribution < 1.29 is 19.0 Å². The summed E-state index contributed by atoms with van der Waals surface area (Å²) in [4.78, 5) is 13.4. The molecule has 114 valence electrons. The molecule has 6 heteroatoms. The number of nitrogens with one attached hydrogen (secondary N) is 1. The van der Waals surface area contributed by atoms with Gasteiger partial charge in [-0.1, -0.05) is 13.0 Å². The molecular weight excluding hydrogens is 272 g/mol. The Morgan fingerprint density at radius 1 is 1.29 bits per heavy atom. The molecule has 1 unspecified atom stereocenters. The summed E-state index contributed by atoms with van der Waals surface area (Å²) in [5.41, 5.74) is 1.09. The van der Waals surface area contributed by atoms with Crippen molar-refractivity contribution in [2.45, 2.75) is 19.4 Å². The third-order valence-electron chi connectivity index (χ3n) is 3.69. The smallest absolute Gasteiger partial charge is 0.410 e. The van der Waals surface area contributed by atoms with Gasteiger partial charge >= 0.3 is 6.09 Å². The molecule has 0 aromatic heterocycles. The molecule has 1 saturated heterocycles. The normalized spacial score (nSPS) is 18.0. The highest BCUT2D eigenvalue weighted by Crippen LogP contribution is 2.34. The van der Waals surface area contributed by atoms with Gasteiger partial charge in [-0.25, -0.2) is 4.79 Å². The standard InChI is InChI=1S/C15H20N2O4/c1-2-5-16-12(9-17-6-7-19-15(17)18)11-3-4-13-14(8-11)21-10-20-13/h3-4,8,12,16H,2,5-7,9-10H2,1H3. The van der Waals surface area contributed by atoms with Gasteiger partial charge in [-0.05, 0) is 30.7 Å². The fourth-order valence-corrected chi connectivity index (χ4v) is 2.55. The van der Waals surface area contributed by atoms with Crippen LogP contribution in [0.1, 0.15) is 24.9 Å². The van der Waals surface area contributed by atoms with Crippen LogP contribution < -0.4 is 14.8 Å². The summed E-state index contributed by atoms with van der Waals surface area (Å²) < 4.78 is 15.8. The van der Waals surface area contributed by atoms with Crippen molar-refractivity contribution in [3.63, 3.8) is 0 Å². The van der Waals surface area contributed by atoms with E-state index in [2.05, 4.69) is 12.2 Å². The summed E-state index contributed by atoms with van der Waals surface area (Å²) in [6, 6.07) is 5.98.